The average molecular weight is 545 g/mol. The van der Waals surface area contributed by atoms with E-state index in [4.69, 9.17) is 14.2 Å². The number of ether oxygens (including phenoxy) is 3. The third-order valence-electron chi connectivity index (χ3n) is 6.85. The summed E-state index contributed by atoms with van der Waals surface area (Å²) in [5.41, 5.74) is 4.89. The molecule has 0 saturated heterocycles. The maximum absolute atomic E-state index is 13.3. The fraction of sp³-hybridized carbons (Fsp3) is 0.323. The van der Waals surface area contributed by atoms with Crippen molar-refractivity contribution in [1.29, 1.82) is 0 Å². The predicted octanol–water partition coefficient (Wildman–Crippen LogP) is 5.55. The van der Waals surface area contributed by atoms with Gasteiger partial charge in [-0.1, -0.05) is 48.5 Å². The highest BCUT2D eigenvalue weighted by atomic mass is 16.6. The molecule has 0 atom stereocenters. The highest BCUT2D eigenvalue weighted by Crippen LogP contribution is 2.44. The van der Waals surface area contributed by atoms with Gasteiger partial charge in [-0.2, -0.15) is 0 Å². The first kappa shape index (κ1) is 27.1. The molecule has 0 unspecified atom stereocenters. The van der Waals surface area contributed by atoms with Crippen LogP contribution in [0.5, 0.6) is 5.75 Å². The van der Waals surface area contributed by atoms with E-state index < -0.39 is 23.8 Å². The van der Waals surface area contributed by atoms with Crippen molar-refractivity contribution in [1.82, 2.24) is 10.2 Å². The minimum absolute atomic E-state index is 0.0344. The van der Waals surface area contributed by atoms with Crippen LogP contribution in [-0.4, -0.2) is 53.5 Å². The van der Waals surface area contributed by atoms with Crippen molar-refractivity contribution in [2.75, 3.05) is 19.8 Å². The lowest BCUT2D eigenvalue weighted by molar-refractivity contribution is 0.0523. The summed E-state index contributed by atoms with van der Waals surface area (Å²) >= 11 is 0. The lowest BCUT2D eigenvalue weighted by Gasteiger charge is -2.22. The van der Waals surface area contributed by atoms with Crippen LogP contribution in [0.25, 0.3) is 11.1 Å². The molecule has 2 amide bonds. The highest BCUT2D eigenvalue weighted by molar-refractivity contribution is 5.92. The molecule has 0 spiro atoms. The van der Waals surface area contributed by atoms with E-state index in [0.717, 1.165) is 22.3 Å². The molecule has 0 radical (unpaired) electrons. The Morgan fingerprint density at radius 2 is 1.68 bits per heavy atom. The average Bonchev–Trinajstić information content (AvgIpc) is 3.06. The molecule has 3 aromatic carbocycles. The number of alkyl carbamates (subject to hydrolysis) is 1. The Morgan fingerprint density at radius 3 is 2.30 bits per heavy atom. The zero-order valence-corrected chi connectivity index (χ0v) is 22.7. The topological polar surface area (TPSA) is 114 Å². The molecule has 0 aromatic heterocycles. The molecule has 5 rings (SSSR count). The summed E-state index contributed by atoms with van der Waals surface area (Å²) in [6.45, 7) is 5.95. The molecule has 2 aliphatic rings. The number of nitrogens with one attached hydrogen (secondary N) is 1. The number of carbonyl (C=O) groups is 3. The molecule has 1 aliphatic heterocycles. The molecule has 0 fully saturated rings. The van der Waals surface area contributed by atoms with Crippen LogP contribution in [-0.2, 0) is 22.6 Å². The molecule has 1 aliphatic carbocycles. The standard InChI is InChI=1S/C31H32N2O7/c1-31(2,3)40-29(36)32-16-19-14-20-17-33(12-13-38-27(20)25(15-19)28(34)35)30(37)39-18-26-23-10-6-4-8-21(23)22-9-5-7-11-24(22)26/h4-11,14-15,26H,12-13,16-18H2,1-3H3,(H,32,36)(H,34,35). The van der Waals surface area contributed by atoms with Crippen LogP contribution < -0.4 is 10.1 Å². The van der Waals surface area contributed by atoms with Gasteiger partial charge in [0.25, 0.3) is 0 Å². The van der Waals surface area contributed by atoms with Crippen molar-refractivity contribution in [3.8, 4) is 16.9 Å². The van der Waals surface area contributed by atoms with Crippen LogP contribution >= 0.6 is 0 Å². The Bertz CT molecular complexity index is 1410. The number of nitrogens with zero attached hydrogens (tertiary/aromatic N) is 1. The third-order valence-corrected chi connectivity index (χ3v) is 6.85. The normalized spacial score (nSPS) is 14.2. The fourth-order valence-corrected chi connectivity index (χ4v) is 5.18. The number of amides is 2. The molecule has 1 heterocycles. The Kier molecular flexibility index (Phi) is 7.38. The smallest absolute Gasteiger partial charge is 0.410 e. The number of aromatic carboxylic acids is 1. The molecule has 2 N–H and O–H groups in total. The van der Waals surface area contributed by atoms with E-state index in [9.17, 15) is 19.5 Å². The molecule has 9 heteroatoms. The van der Waals surface area contributed by atoms with Gasteiger partial charge in [0, 0.05) is 18.0 Å². The zero-order chi connectivity index (χ0) is 28.4. The predicted molar refractivity (Wildman–Crippen MR) is 147 cm³/mol. The summed E-state index contributed by atoms with van der Waals surface area (Å²) in [6.07, 6.45) is -1.12. The van der Waals surface area contributed by atoms with Gasteiger partial charge in [-0.15, -0.1) is 0 Å². The van der Waals surface area contributed by atoms with E-state index in [2.05, 4.69) is 29.6 Å². The Labute approximate surface area is 232 Å². The summed E-state index contributed by atoms with van der Waals surface area (Å²) in [7, 11) is 0. The number of carbonyl (C=O) groups excluding carboxylic acids is 2. The van der Waals surface area contributed by atoms with E-state index in [0.29, 0.717) is 11.1 Å². The number of carboxylic acids is 1. The van der Waals surface area contributed by atoms with Crippen molar-refractivity contribution < 1.29 is 33.7 Å². The minimum atomic E-state index is -1.16. The second kappa shape index (κ2) is 10.9. The van der Waals surface area contributed by atoms with Gasteiger partial charge in [-0.25, -0.2) is 14.4 Å². The number of hydrogen-bond donors (Lipinski definition) is 2. The minimum Gasteiger partial charge on any atom is -0.490 e. The van der Waals surface area contributed by atoms with Gasteiger partial charge in [-0.05, 0) is 60.7 Å². The van der Waals surface area contributed by atoms with E-state index in [1.807, 2.05) is 24.3 Å². The number of hydrogen-bond acceptors (Lipinski definition) is 6. The Morgan fingerprint density at radius 1 is 1.02 bits per heavy atom. The van der Waals surface area contributed by atoms with Crippen LogP contribution in [0.4, 0.5) is 9.59 Å². The third kappa shape index (κ3) is 5.73. The van der Waals surface area contributed by atoms with Crippen LogP contribution in [0.15, 0.2) is 60.7 Å². The first-order chi connectivity index (χ1) is 19.1. The van der Waals surface area contributed by atoms with E-state index in [-0.39, 0.29) is 50.1 Å². The monoisotopic (exact) mass is 544 g/mol. The quantitative estimate of drug-likeness (QED) is 0.433. The van der Waals surface area contributed by atoms with Crippen LogP contribution in [0.1, 0.15) is 59.3 Å². The lowest BCUT2D eigenvalue weighted by Crippen LogP contribution is -2.34. The molecular weight excluding hydrogens is 512 g/mol. The van der Waals surface area contributed by atoms with Gasteiger partial charge < -0.3 is 29.5 Å². The number of fused-ring (bicyclic) bond motifs is 4. The van der Waals surface area contributed by atoms with Crippen molar-refractivity contribution >= 4 is 18.2 Å². The number of benzene rings is 3. The summed E-state index contributed by atoms with van der Waals surface area (Å²) < 4.78 is 16.9. The van der Waals surface area contributed by atoms with Gasteiger partial charge in [-0.3, -0.25) is 0 Å². The largest absolute Gasteiger partial charge is 0.490 e. The van der Waals surface area contributed by atoms with Crippen LogP contribution in [0.3, 0.4) is 0 Å². The number of carboxylic acid groups (broad SMARTS) is 1. The SMILES string of the molecule is CC(C)(C)OC(=O)NCc1cc2c(c(C(=O)O)c1)OCCN(C(=O)OCC1c3ccccc3-c3ccccc31)C2. The highest BCUT2D eigenvalue weighted by Gasteiger charge is 2.31. The summed E-state index contributed by atoms with van der Waals surface area (Å²) in [5, 5.41) is 12.5. The molecule has 0 saturated carbocycles. The molecular formula is C31H32N2O7. The van der Waals surface area contributed by atoms with Gasteiger partial charge in [0.05, 0.1) is 13.1 Å². The van der Waals surface area contributed by atoms with Gasteiger partial charge in [0.15, 0.2) is 0 Å². The first-order valence-corrected chi connectivity index (χ1v) is 13.2. The molecule has 40 heavy (non-hydrogen) atoms. The Balaban J connectivity index is 1.31. The van der Waals surface area contributed by atoms with Gasteiger partial charge in [0.1, 0.15) is 30.1 Å². The van der Waals surface area contributed by atoms with E-state index >= 15 is 0 Å². The van der Waals surface area contributed by atoms with E-state index in [1.54, 1.807) is 26.8 Å². The summed E-state index contributed by atoms with van der Waals surface area (Å²) in [6, 6.07) is 19.4. The Hall–Kier alpha value is -4.53. The van der Waals surface area contributed by atoms with Crippen LogP contribution in [0, 0.1) is 0 Å². The second-order valence-corrected chi connectivity index (χ2v) is 10.9. The maximum Gasteiger partial charge on any atom is 0.410 e. The number of rotatable bonds is 5. The molecule has 3 aromatic rings. The van der Waals surface area contributed by atoms with Crippen molar-refractivity contribution in [2.45, 2.75) is 45.4 Å². The fourth-order valence-electron chi connectivity index (χ4n) is 5.18. The van der Waals surface area contributed by atoms with Crippen molar-refractivity contribution in [3.63, 3.8) is 0 Å². The zero-order valence-electron chi connectivity index (χ0n) is 22.7. The van der Waals surface area contributed by atoms with Crippen LogP contribution in [0.2, 0.25) is 0 Å². The van der Waals surface area contributed by atoms with Crippen molar-refractivity contribution in [3.05, 3.63) is 88.5 Å². The first-order valence-electron chi connectivity index (χ1n) is 13.2. The molecule has 0 bridgehead atoms. The molecule has 208 valence electrons. The summed E-state index contributed by atoms with van der Waals surface area (Å²) in [4.78, 5) is 38.9. The van der Waals surface area contributed by atoms with Gasteiger partial charge >= 0.3 is 18.2 Å². The maximum atomic E-state index is 13.3. The second-order valence-electron chi connectivity index (χ2n) is 10.9. The summed E-state index contributed by atoms with van der Waals surface area (Å²) in [5.74, 6) is -1.02. The van der Waals surface area contributed by atoms with Gasteiger partial charge in [0.2, 0.25) is 0 Å². The van der Waals surface area contributed by atoms with Crippen molar-refractivity contribution in [2.24, 2.45) is 0 Å². The van der Waals surface area contributed by atoms with E-state index in [1.165, 1.54) is 11.0 Å². The lowest BCUT2D eigenvalue weighted by atomic mass is 9.98. The molecule has 9 nitrogen and oxygen atoms in total.